The predicted molar refractivity (Wildman–Crippen MR) is 93.8 cm³/mol. The molecule has 3 aromatic rings. The molecule has 2 aromatic heterocycles. The monoisotopic (exact) mass is 327 g/mol. The maximum atomic E-state index is 6.37. The van der Waals surface area contributed by atoms with E-state index in [1.54, 1.807) is 6.20 Å². The summed E-state index contributed by atoms with van der Waals surface area (Å²) in [4.78, 5) is 12.2. The van der Waals surface area contributed by atoms with Crippen LogP contribution in [0.1, 0.15) is 12.8 Å². The fraction of sp³-hybridized carbons (Fsp3) is 0.294. The fourth-order valence-electron chi connectivity index (χ4n) is 3.07. The Morgan fingerprint density at radius 3 is 2.91 bits per heavy atom. The fourth-order valence-corrected chi connectivity index (χ4v) is 3.26. The lowest BCUT2D eigenvalue weighted by atomic mass is 10.1. The van der Waals surface area contributed by atoms with Gasteiger partial charge >= 0.3 is 0 Å². The van der Waals surface area contributed by atoms with E-state index in [0.29, 0.717) is 17.0 Å². The van der Waals surface area contributed by atoms with Crippen LogP contribution in [0.5, 0.6) is 0 Å². The third kappa shape index (κ3) is 2.90. The van der Waals surface area contributed by atoms with Gasteiger partial charge in [0.05, 0.1) is 16.9 Å². The summed E-state index contributed by atoms with van der Waals surface area (Å²) < 4.78 is 0. The van der Waals surface area contributed by atoms with E-state index < -0.39 is 0 Å². The molecule has 6 heteroatoms. The van der Waals surface area contributed by atoms with Gasteiger partial charge in [-0.2, -0.15) is 0 Å². The minimum absolute atomic E-state index is 0.410. The average molecular weight is 328 g/mol. The number of rotatable bonds is 3. The number of hydrogen-bond donors (Lipinski definition) is 3. The summed E-state index contributed by atoms with van der Waals surface area (Å²) in [5.41, 5.74) is 2.86. The van der Waals surface area contributed by atoms with Crippen molar-refractivity contribution in [2.24, 2.45) is 0 Å². The van der Waals surface area contributed by atoms with Crippen LogP contribution in [0.3, 0.4) is 0 Å². The lowest BCUT2D eigenvalue weighted by Crippen LogP contribution is -2.35. The predicted octanol–water partition coefficient (Wildman–Crippen LogP) is 3.44. The van der Waals surface area contributed by atoms with Gasteiger partial charge < -0.3 is 15.6 Å². The van der Waals surface area contributed by atoms with E-state index in [-0.39, 0.29) is 0 Å². The number of benzene rings is 1. The van der Waals surface area contributed by atoms with Gasteiger partial charge in [-0.3, -0.25) is 0 Å². The van der Waals surface area contributed by atoms with Crippen molar-refractivity contribution in [2.75, 3.05) is 18.4 Å². The SMILES string of the molecule is Clc1cnc(NC2CCNCC2)nc1-c1cccc2[nH]ccc12. The zero-order valence-corrected chi connectivity index (χ0v) is 13.4. The number of H-pyrrole nitrogens is 1. The summed E-state index contributed by atoms with van der Waals surface area (Å²) in [6, 6.07) is 8.55. The molecule has 4 rings (SSSR count). The number of piperidine rings is 1. The van der Waals surface area contributed by atoms with Crippen molar-refractivity contribution < 1.29 is 0 Å². The Hall–Kier alpha value is -2.11. The van der Waals surface area contributed by atoms with Crippen molar-refractivity contribution in [1.29, 1.82) is 0 Å². The molecule has 0 bridgehead atoms. The zero-order chi connectivity index (χ0) is 15.6. The first-order chi connectivity index (χ1) is 11.3. The van der Waals surface area contributed by atoms with E-state index >= 15 is 0 Å². The number of nitrogens with zero attached hydrogens (tertiary/aromatic N) is 2. The summed E-state index contributed by atoms with van der Waals surface area (Å²) in [5.74, 6) is 0.642. The topological polar surface area (TPSA) is 65.6 Å². The second-order valence-electron chi connectivity index (χ2n) is 5.80. The standard InChI is InChI=1S/C17H18ClN5/c18-14-10-21-17(22-11-4-7-19-8-5-11)23-16(14)13-2-1-3-15-12(13)6-9-20-15/h1-3,6,9-11,19-20H,4-5,7-8H2,(H,21,22,23). The van der Waals surface area contributed by atoms with E-state index in [0.717, 1.165) is 48.1 Å². The molecule has 1 aromatic carbocycles. The summed E-state index contributed by atoms with van der Waals surface area (Å²) in [5, 5.41) is 8.47. The normalized spacial score (nSPS) is 15.9. The number of hydrogen-bond acceptors (Lipinski definition) is 4. The van der Waals surface area contributed by atoms with Crippen LogP contribution < -0.4 is 10.6 Å². The molecule has 5 nitrogen and oxygen atoms in total. The number of fused-ring (bicyclic) bond motifs is 1. The highest BCUT2D eigenvalue weighted by Gasteiger charge is 2.16. The van der Waals surface area contributed by atoms with Gasteiger partial charge in [-0.05, 0) is 38.1 Å². The molecule has 1 saturated heterocycles. The minimum Gasteiger partial charge on any atom is -0.361 e. The minimum atomic E-state index is 0.410. The molecule has 3 N–H and O–H groups in total. The molecule has 0 atom stereocenters. The Bertz CT molecular complexity index is 823. The third-order valence-corrected chi connectivity index (χ3v) is 4.54. The van der Waals surface area contributed by atoms with Gasteiger partial charge in [-0.15, -0.1) is 0 Å². The maximum Gasteiger partial charge on any atom is 0.223 e. The van der Waals surface area contributed by atoms with Crippen LogP contribution in [-0.2, 0) is 0 Å². The van der Waals surface area contributed by atoms with Gasteiger partial charge in [0.2, 0.25) is 5.95 Å². The second kappa shape index (κ2) is 6.18. The van der Waals surface area contributed by atoms with Gasteiger partial charge in [0.25, 0.3) is 0 Å². The Kier molecular flexibility index (Phi) is 3.89. The largest absolute Gasteiger partial charge is 0.361 e. The van der Waals surface area contributed by atoms with Crippen molar-refractivity contribution in [2.45, 2.75) is 18.9 Å². The first kappa shape index (κ1) is 14.5. The molecule has 0 aliphatic carbocycles. The number of nitrogens with one attached hydrogen (secondary N) is 3. The molecule has 0 unspecified atom stereocenters. The Morgan fingerprint density at radius 2 is 2.04 bits per heavy atom. The number of aromatic amines is 1. The van der Waals surface area contributed by atoms with Gasteiger partial charge in [0.15, 0.2) is 0 Å². The maximum absolute atomic E-state index is 6.37. The Labute approximate surface area is 139 Å². The van der Waals surface area contributed by atoms with Crippen LogP contribution in [-0.4, -0.2) is 34.1 Å². The van der Waals surface area contributed by atoms with E-state index in [1.165, 1.54) is 0 Å². The third-order valence-electron chi connectivity index (χ3n) is 4.27. The summed E-state index contributed by atoms with van der Waals surface area (Å²) >= 11 is 6.37. The van der Waals surface area contributed by atoms with E-state index in [2.05, 4.69) is 25.6 Å². The molecule has 1 fully saturated rings. The Morgan fingerprint density at radius 1 is 1.17 bits per heavy atom. The summed E-state index contributed by atoms with van der Waals surface area (Å²) in [7, 11) is 0. The van der Waals surface area contributed by atoms with Crippen molar-refractivity contribution in [3.8, 4) is 11.3 Å². The van der Waals surface area contributed by atoms with Crippen molar-refractivity contribution >= 4 is 28.5 Å². The molecule has 3 heterocycles. The summed E-state index contributed by atoms with van der Waals surface area (Å²) in [6.07, 6.45) is 5.76. The van der Waals surface area contributed by atoms with Gasteiger partial charge in [0.1, 0.15) is 0 Å². The molecule has 0 spiro atoms. The van der Waals surface area contributed by atoms with E-state index in [1.807, 2.05) is 30.5 Å². The Balaban J connectivity index is 1.70. The highest BCUT2D eigenvalue weighted by atomic mass is 35.5. The quantitative estimate of drug-likeness (QED) is 0.689. The van der Waals surface area contributed by atoms with Gasteiger partial charge in [-0.25, -0.2) is 9.97 Å². The molecule has 0 saturated carbocycles. The first-order valence-electron chi connectivity index (χ1n) is 7.87. The van der Waals surface area contributed by atoms with Crippen molar-refractivity contribution in [3.05, 3.63) is 41.7 Å². The van der Waals surface area contributed by atoms with Crippen LogP contribution in [0.15, 0.2) is 36.7 Å². The van der Waals surface area contributed by atoms with E-state index in [4.69, 9.17) is 11.6 Å². The second-order valence-corrected chi connectivity index (χ2v) is 6.21. The first-order valence-corrected chi connectivity index (χ1v) is 8.25. The molecule has 118 valence electrons. The molecule has 1 aliphatic rings. The summed E-state index contributed by atoms with van der Waals surface area (Å²) in [6.45, 7) is 2.06. The van der Waals surface area contributed by atoms with Crippen LogP contribution in [0.4, 0.5) is 5.95 Å². The van der Waals surface area contributed by atoms with Crippen LogP contribution in [0.25, 0.3) is 22.2 Å². The van der Waals surface area contributed by atoms with Crippen molar-refractivity contribution in [1.82, 2.24) is 20.3 Å². The molecule has 23 heavy (non-hydrogen) atoms. The molecule has 0 radical (unpaired) electrons. The number of anilines is 1. The van der Waals surface area contributed by atoms with Crippen LogP contribution >= 0.6 is 11.6 Å². The van der Waals surface area contributed by atoms with Gasteiger partial charge in [0, 0.05) is 28.7 Å². The molecular formula is C17H18ClN5. The van der Waals surface area contributed by atoms with Crippen LogP contribution in [0, 0.1) is 0 Å². The molecule has 1 aliphatic heterocycles. The molecular weight excluding hydrogens is 310 g/mol. The van der Waals surface area contributed by atoms with Crippen molar-refractivity contribution in [3.63, 3.8) is 0 Å². The van der Waals surface area contributed by atoms with E-state index in [9.17, 15) is 0 Å². The lowest BCUT2D eigenvalue weighted by molar-refractivity contribution is 0.477. The van der Waals surface area contributed by atoms with Crippen LogP contribution in [0.2, 0.25) is 5.02 Å². The zero-order valence-electron chi connectivity index (χ0n) is 12.6. The number of halogens is 1. The number of aromatic nitrogens is 3. The smallest absolute Gasteiger partial charge is 0.223 e. The molecule has 0 amide bonds. The highest BCUT2D eigenvalue weighted by Crippen LogP contribution is 2.32. The average Bonchev–Trinajstić information content (AvgIpc) is 3.06. The lowest BCUT2D eigenvalue weighted by Gasteiger charge is -2.23. The van der Waals surface area contributed by atoms with Gasteiger partial charge in [-0.1, -0.05) is 23.7 Å². The highest BCUT2D eigenvalue weighted by molar-refractivity contribution is 6.33.